The van der Waals surface area contributed by atoms with Crippen molar-refractivity contribution >= 4 is 11.7 Å². The molecule has 2 fully saturated rings. The van der Waals surface area contributed by atoms with Crippen molar-refractivity contribution in [2.45, 2.75) is 38.5 Å². The van der Waals surface area contributed by atoms with E-state index in [1.807, 2.05) is 12.1 Å². The molecule has 5 nitrogen and oxygen atoms in total. The second-order valence-electron chi connectivity index (χ2n) is 8.47. The highest BCUT2D eigenvalue weighted by Gasteiger charge is 2.24. The van der Waals surface area contributed by atoms with E-state index in [2.05, 4.69) is 39.0 Å². The number of hydrogen-bond acceptors (Lipinski definition) is 4. The Bertz CT molecular complexity index is 806. The predicted octanol–water partition coefficient (Wildman–Crippen LogP) is 3.60. The highest BCUT2D eigenvalue weighted by molar-refractivity contribution is 5.76. The molecular weight excluding hydrogens is 360 g/mol. The summed E-state index contributed by atoms with van der Waals surface area (Å²) in [7, 11) is 0. The Labute approximate surface area is 173 Å². The largest absolute Gasteiger partial charge is 0.384 e. The highest BCUT2D eigenvalue weighted by atomic mass is 16.2. The van der Waals surface area contributed by atoms with Crippen molar-refractivity contribution in [2.75, 3.05) is 38.5 Å². The Hall–Kier alpha value is -2.40. The second-order valence-corrected chi connectivity index (χ2v) is 8.47. The van der Waals surface area contributed by atoms with Gasteiger partial charge < -0.3 is 10.6 Å². The molecule has 2 heterocycles. The second kappa shape index (κ2) is 9.40. The SMILES string of the molecule is Nc1cccc(-c2ccc(CCN3CCN(C(=O)CC4CCCC4)CC3)cc2)n1. The average Bonchev–Trinajstić information content (AvgIpc) is 3.26. The molecule has 5 heteroatoms. The Balaban J connectivity index is 1.21. The van der Waals surface area contributed by atoms with Gasteiger partial charge in [-0.3, -0.25) is 9.69 Å². The van der Waals surface area contributed by atoms with Crippen LogP contribution in [0.3, 0.4) is 0 Å². The zero-order valence-corrected chi connectivity index (χ0v) is 17.2. The number of anilines is 1. The fraction of sp³-hybridized carbons (Fsp3) is 0.500. The number of hydrogen-bond donors (Lipinski definition) is 1. The van der Waals surface area contributed by atoms with Gasteiger partial charge in [0.25, 0.3) is 0 Å². The molecule has 1 aromatic heterocycles. The standard InChI is InChI=1S/C24H32N4O/c25-23-7-3-6-22(26-23)21-10-8-19(9-11-21)12-13-27-14-16-28(17-15-27)24(29)18-20-4-1-2-5-20/h3,6-11,20H,1-2,4-5,12-18H2,(H2,25,26). The predicted molar refractivity (Wildman–Crippen MR) is 117 cm³/mol. The fourth-order valence-electron chi connectivity index (χ4n) is 4.55. The van der Waals surface area contributed by atoms with Gasteiger partial charge in [0.05, 0.1) is 5.69 Å². The Morgan fingerprint density at radius 2 is 1.72 bits per heavy atom. The van der Waals surface area contributed by atoms with Crippen LogP contribution in [0, 0.1) is 5.92 Å². The van der Waals surface area contributed by atoms with Crippen molar-refractivity contribution in [1.29, 1.82) is 0 Å². The van der Waals surface area contributed by atoms with E-state index < -0.39 is 0 Å². The third-order valence-electron chi connectivity index (χ3n) is 6.40. The van der Waals surface area contributed by atoms with Crippen molar-refractivity contribution in [1.82, 2.24) is 14.8 Å². The lowest BCUT2D eigenvalue weighted by Crippen LogP contribution is -2.49. The molecule has 0 bridgehead atoms. The van der Waals surface area contributed by atoms with E-state index in [9.17, 15) is 4.79 Å². The van der Waals surface area contributed by atoms with Crippen LogP contribution < -0.4 is 5.73 Å². The van der Waals surface area contributed by atoms with Crippen molar-refractivity contribution in [2.24, 2.45) is 5.92 Å². The molecule has 4 rings (SSSR count). The van der Waals surface area contributed by atoms with Crippen LogP contribution in [0.5, 0.6) is 0 Å². The lowest BCUT2D eigenvalue weighted by Gasteiger charge is -2.35. The number of nitrogens with zero attached hydrogens (tertiary/aromatic N) is 3. The van der Waals surface area contributed by atoms with Gasteiger partial charge in [-0.05, 0) is 42.9 Å². The number of benzene rings is 1. The maximum atomic E-state index is 12.5. The van der Waals surface area contributed by atoms with Gasteiger partial charge in [-0.2, -0.15) is 0 Å². The molecule has 1 aliphatic carbocycles. The molecule has 154 valence electrons. The third-order valence-corrected chi connectivity index (χ3v) is 6.40. The zero-order chi connectivity index (χ0) is 20.1. The van der Waals surface area contributed by atoms with Gasteiger partial charge in [-0.1, -0.05) is 43.2 Å². The van der Waals surface area contributed by atoms with E-state index in [1.165, 1.54) is 31.2 Å². The summed E-state index contributed by atoms with van der Waals surface area (Å²) in [5, 5.41) is 0. The number of piperazine rings is 1. The monoisotopic (exact) mass is 392 g/mol. The van der Waals surface area contributed by atoms with Crippen LogP contribution >= 0.6 is 0 Å². The first-order valence-corrected chi connectivity index (χ1v) is 11.0. The maximum absolute atomic E-state index is 12.5. The van der Waals surface area contributed by atoms with Crippen LogP contribution in [0.1, 0.15) is 37.7 Å². The van der Waals surface area contributed by atoms with Crippen LogP contribution in [0.2, 0.25) is 0 Å². The van der Waals surface area contributed by atoms with Gasteiger partial charge in [0.1, 0.15) is 5.82 Å². The first kappa shape index (κ1) is 19.9. The van der Waals surface area contributed by atoms with Gasteiger partial charge in [-0.25, -0.2) is 4.98 Å². The highest BCUT2D eigenvalue weighted by Crippen LogP contribution is 2.28. The molecule has 1 saturated carbocycles. The first-order chi connectivity index (χ1) is 14.2. The van der Waals surface area contributed by atoms with Crippen LogP contribution in [-0.2, 0) is 11.2 Å². The quantitative estimate of drug-likeness (QED) is 0.816. The van der Waals surface area contributed by atoms with Crippen LogP contribution in [0.25, 0.3) is 11.3 Å². The Kier molecular flexibility index (Phi) is 6.45. The van der Waals surface area contributed by atoms with Gasteiger partial charge in [-0.15, -0.1) is 0 Å². The minimum atomic E-state index is 0.377. The minimum Gasteiger partial charge on any atom is -0.384 e. The smallest absolute Gasteiger partial charge is 0.222 e. The average molecular weight is 393 g/mol. The molecule has 2 aromatic rings. The molecule has 1 aromatic carbocycles. The van der Waals surface area contributed by atoms with Crippen molar-refractivity contribution in [3.63, 3.8) is 0 Å². The number of carbonyl (C=O) groups excluding carboxylic acids is 1. The summed E-state index contributed by atoms with van der Waals surface area (Å²) in [5.41, 5.74) is 9.12. The van der Waals surface area contributed by atoms with E-state index in [1.54, 1.807) is 6.07 Å². The van der Waals surface area contributed by atoms with E-state index >= 15 is 0 Å². The Morgan fingerprint density at radius 1 is 1.00 bits per heavy atom. The Morgan fingerprint density at radius 3 is 2.41 bits per heavy atom. The lowest BCUT2D eigenvalue weighted by molar-refractivity contribution is -0.133. The number of carbonyl (C=O) groups is 1. The van der Waals surface area contributed by atoms with Crippen LogP contribution in [0.4, 0.5) is 5.82 Å². The molecule has 0 spiro atoms. The molecule has 1 amide bonds. The molecule has 0 unspecified atom stereocenters. The van der Waals surface area contributed by atoms with E-state index in [0.29, 0.717) is 17.6 Å². The van der Waals surface area contributed by atoms with Gasteiger partial charge in [0.15, 0.2) is 0 Å². The van der Waals surface area contributed by atoms with Crippen molar-refractivity contribution < 1.29 is 4.79 Å². The molecule has 1 saturated heterocycles. The van der Waals surface area contributed by atoms with Gasteiger partial charge >= 0.3 is 0 Å². The first-order valence-electron chi connectivity index (χ1n) is 11.0. The van der Waals surface area contributed by atoms with Crippen molar-refractivity contribution in [3.8, 4) is 11.3 Å². The summed E-state index contributed by atoms with van der Waals surface area (Å²) in [6, 6.07) is 14.3. The normalized spacial score (nSPS) is 18.3. The molecular formula is C24H32N4O. The molecule has 0 atom stereocenters. The van der Waals surface area contributed by atoms with Gasteiger partial charge in [0.2, 0.25) is 5.91 Å². The van der Waals surface area contributed by atoms with Crippen molar-refractivity contribution in [3.05, 3.63) is 48.0 Å². The summed E-state index contributed by atoms with van der Waals surface area (Å²) in [6.07, 6.45) is 6.91. The summed E-state index contributed by atoms with van der Waals surface area (Å²) >= 11 is 0. The van der Waals surface area contributed by atoms with E-state index in [0.717, 1.165) is 56.8 Å². The van der Waals surface area contributed by atoms with Crippen LogP contribution in [-0.4, -0.2) is 53.4 Å². The van der Waals surface area contributed by atoms with E-state index in [4.69, 9.17) is 5.73 Å². The number of nitrogen functional groups attached to an aromatic ring is 1. The molecule has 0 radical (unpaired) electrons. The summed E-state index contributed by atoms with van der Waals surface area (Å²) in [5.74, 6) is 1.57. The van der Waals surface area contributed by atoms with Crippen LogP contribution in [0.15, 0.2) is 42.5 Å². The van der Waals surface area contributed by atoms with E-state index in [-0.39, 0.29) is 0 Å². The summed E-state index contributed by atoms with van der Waals surface area (Å²) in [6.45, 7) is 4.78. The molecule has 29 heavy (non-hydrogen) atoms. The number of pyridine rings is 1. The third kappa shape index (κ3) is 5.36. The number of rotatable bonds is 6. The minimum absolute atomic E-state index is 0.377. The fourth-order valence-corrected chi connectivity index (χ4v) is 4.55. The topological polar surface area (TPSA) is 62.5 Å². The zero-order valence-electron chi connectivity index (χ0n) is 17.2. The summed E-state index contributed by atoms with van der Waals surface area (Å²) < 4.78 is 0. The maximum Gasteiger partial charge on any atom is 0.222 e. The molecule has 1 aliphatic heterocycles. The number of aromatic nitrogens is 1. The lowest BCUT2D eigenvalue weighted by atomic mass is 10.0. The summed E-state index contributed by atoms with van der Waals surface area (Å²) in [4.78, 5) is 21.5. The molecule has 2 aliphatic rings. The molecule has 2 N–H and O–H groups in total. The number of nitrogens with two attached hydrogens (primary N) is 1. The number of amides is 1. The van der Waals surface area contributed by atoms with Gasteiger partial charge in [0, 0.05) is 44.7 Å².